The Morgan fingerprint density at radius 3 is 1.76 bits per heavy atom. The number of carbonyl (C=O) groups excluding carboxylic acids is 4. The monoisotopic (exact) mass is 681 g/mol. The maximum atomic E-state index is 13.7. The number of guanidine groups is 2. The van der Waals surface area contributed by atoms with Gasteiger partial charge in [0.05, 0.1) is 25.1 Å². The van der Waals surface area contributed by atoms with Gasteiger partial charge in [0, 0.05) is 6.54 Å². The van der Waals surface area contributed by atoms with Gasteiger partial charge < -0.3 is 21.3 Å². The topological polar surface area (TPSA) is 300 Å². The fraction of sp³-hybridized carbons (Fsp3) is 0.424. The summed E-state index contributed by atoms with van der Waals surface area (Å²) in [6.45, 7) is 4.47. The van der Waals surface area contributed by atoms with Crippen LogP contribution in [0.4, 0.5) is 0 Å². The molecular weight excluding hydrogens is 628 g/mol. The molecule has 16 nitrogen and oxygen atoms in total. The highest BCUT2D eigenvalue weighted by Gasteiger charge is 2.31. The Bertz CT molecular complexity index is 1450. The van der Waals surface area contributed by atoms with Crippen LogP contribution in [0.1, 0.15) is 56.2 Å². The Labute approximate surface area is 286 Å². The van der Waals surface area contributed by atoms with Crippen LogP contribution in [-0.4, -0.2) is 72.6 Å². The van der Waals surface area contributed by atoms with Crippen molar-refractivity contribution in [3.05, 3.63) is 71.3 Å². The largest absolute Gasteiger partial charge is 0.350 e. The Morgan fingerprint density at radius 1 is 0.694 bits per heavy atom. The number of nitrogens with two attached hydrogens (primary N) is 6. The molecule has 0 radical (unpaired) electrons. The molecule has 0 aliphatic rings. The Morgan fingerprint density at radius 2 is 1.24 bits per heavy atom. The lowest BCUT2D eigenvalue weighted by molar-refractivity contribution is -0.460. The molecule has 2 aromatic carbocycles. The summed E-state index contributed by atoms with van der Waals surface area (Å²) in [6, 6.07) is 13.3. The average Bonchev–Trinajstić information content (AvgIpc) is 3.05. The first-order chi connectivity index (χ1) is 23.3. The van der Waals surface area contributed by atoms with Crippen molar-refractivity contribution >= 4 is 41.4 Å². The zero-order chi connectivity index (χ0) is 36.3. The van der Waals surface area contributed by atoms with E-state index >= 15 is 0 Å². The van der Waals surface area contributed by atoms with E-state index in [2.05, 4.69) is 31.3 Å². The molecule has 0 unspecified atom stereocenters. The molecule has 0 aliphatic heterocycles. The summed E-state index contributed by atoms with van der Waals surface area (Å²) in [6.07, 6.45) is 1.46. The average molecular weight is 682 g/mol. The summed E-state index contributed by atoms with van der Waals surface area (Å²) in [4.78, 5) is 59.1. The van der Waals surface area contributed by atoms with Crippen molar-refractivity contribution in [2.24, 2.45) is 34.6 Å². The minimum absolute atomic E-state index is 0.0391. The normalized spacial score (nSPS) is 12.5. The lowest BCUT2D eigenvalue weighted by Crippen LogP contribution is -2.78. The molecule has 0 saturated carbocycles. The number of rotatable bonds is 20. The van der Waals surface area contributed by atoms with Crippen molar-refractivity contribution in [2.75, 3.05) is 13.1 Å². The highest BCUT2D eigenvalue weighted by Crippen LogP contribution is 2.09. The smallest absolute Gasteiger partial charge is 0.338 e. The molecule has 0 aromatic heterocycles. The summed E-state index contributed by atoms with van der Waals surface area (Å²) in [5.41, 5.74) is 29.8. The third-order valence-corrected chi connectivity index (χ3v) is 7.49. The summed E-state index contributed by atoms with van der Waals surface area (Å²) >= 11 is 0. The van der Waals surface area contributed by atoms with Crippen molar-refractivity contribution in [2.45, 2.75) is 70.6 Å². The fourth-order valence-corrected chi connectivity index (χ4v) is 4.82. The second kappa shape index (κ2) is 20.5. The fourth-order valence-electron chi connectivity index (χ4n) is 4.82. The summed E-state index contributed by atoms with van der Waals surface area (Å²) in [7, 11) is 0. The van der Waals surface area contributed by atoms with Crippen LogP contribution in [0.5, 0.6) is 0 Å². The maximum Gasteiger partial charge on any atom is 0.338 e. The molecule has 3 atom stereocenters. The van der Waals surface area contributed by atoms with Crippen LogP contribution in [0.2, 0.25) is 0 Å². The van der Waals surface area contributed by atoms with Crippen LogP contribution in [0.25, 0.3) is 0 Å². The van der Waals surface area contributed by atoms with Gasteiger partial charge in [-0.05, 0) is 54.9 Å². The van der Waals surface area contributed by atoms with Crippen LogP contribution in [-0.2, 0) is 32.1 Å². The van der Waals surface area contributed by atoms with Gasteiger partial charge in [0.2, 0.25) is 23.6 Å². The molecule has 266 valence electrons. The van der Waals surface area contributed by atoms with E-state index in [0.717, 1.165) is 11.1 Å². The Hall–Kier alpha value is -5.67. The lowest BCUT2D eigenvalue weighted by Gasteiger charge is -2.27. The van der Waals surface area contributed by atoms with Gasteiger partial charge in [-0.25, -0.2) is 0 Å². The summed E-state index contributed by atoms with van der Waals surface area (Å²) in [5, 5.41) is 16.9. The predicted octanol–water partition coefficient (Wildman–Crippen LogP) is -6.61. The first kappa shape index (κ1) is 39.5. The molecule has 49 heavy (non-hydrogen) atoms. The summed E-state index contributed by atoms with van der Waals surface area (Å²) < 4.78 is 0. The quantitative estimate of drug-likeness (QED) is 0.0359. The van der Waals surface area contributed by atoms with E-state index in [1.54, 1.807) is 38.1 Å². The molecule has 2 aromatic rings. The van der Waals surface area contributed by atoms with E-state index < -0.39 is 35.8 Å². The van der Waals surface area contributed by atoms with Gasteiger partial charge in [-0.15, -0.1) is 0 Å². The second-order valence-electron chi connectivity index (χ2n) is 12.0. The minimum Gasteiger partial charge on any atom is -0.350 e. The first-order valence-electron chi connectivity index (χ1n) is 16.2. The van der Waals surface area contributed by atoms with Crippen LogP contribution >= 0.6 is 0 Å². The number of hydrogen-bond donors (Lipinski definition) is 12. The third-order valence-electron chi connectivity index (χ3n) is 7.49. The molecular formula is C33H53N12O4+3. The highest BCUT2D eigenvalue weighted by molar-refractivity contribution is 5.95. The van der Waals surface area contributed by atoms with Crippen molar-refractivity contribution in [3.8, 4) is 0 Å². The van der Waals surface area contributed by atoms with Crippen LogP contribution in [0.3, 0.4) is 0 Å². The Balaban J connectivity index is 2.17. The van der Waals surface area contributed by atoms with E-state index in [0.29, 0.717) is 31.5 Å². The lowest BCUT2D eigenvalue weighted by atomic mass is 10.0. The molecule has 0 saturated heterocycles. The number of hydrogen-bond acceptors (Lipinski definition) is 4. The van der Waals surface area contributed by atoms with Gasteiger partial charge in [-0.3, -0.25) is 63.2 Å². The van der Waals surface area contributed by atoms with E-state index in [-0.39, 0.29) is 55.4 Å². The van der Waals surface area contributed by atoms with Gasteiger partial charge in [0.25, 0.3) is 5.84 Å². The van der Waals surface area contributed by atoms with Gasteiger partial charge in [0.1, 0.15) is 18.1 Å². The molecule has 18 N–H and O–H groups in total. The van der Waals surface area contributed by atoms with E-state index in [1.165, 1.54) is 0 Å². The van der Waals surface area contributed by atoms with E-state index in [4.69, 9.17) is 34.1 Å². The molecule has 16 heteroatoms. The molecule has 2 rings (SSSR count). The van der Waals surface area contributed by atoms with Crippen LogP contribution in [0.15, 0.2) is 54.6 Å². The maximum absolute atomic E-state index is 13.7. The predicted molar refractivity (Wildman–Crippen MR) is 186 cm³/mol. The second-order valence-corrected chi connectivity index (χ2v) is 12.0. The number of benzene rings is 2. The molecule has 0 aliphatic carbocycles. The highest BCUT2D eigenvalue weighted by atomic mass is 16.2. The molecule has 0 fully saturated rings. The van der Waals surface area contributed by atoms with Crippen molar-refractivity contribution < 1.29 is 34.6 Å². The Kier molecular flexibility index (Phi) is 16.6. The summed E-state index contributed by atoms with van der Waals surface area (Å²) in [5.74, 6) is -1.97. The van der Waals surface area contributed by atoms with Crippen molar-refractivity contribution in [1.29, 1.82) is 0 Å². The van der Waals surface area contributed by atoms with Gasteiger partial charge >= 0.3 is 11.9 Å². The zero-order valence-electron chi connectivity index (χ0n) is 28.3. The number of amidine groups is 1. The van der Waals surface area contributed by atoms with E-state index in [9.17, 15) is 19.2 Å². The molecule has 0 heterocycles. The number of nitrogens with one attached hydrogen (secondary N) is 6. The first-order valence-corrected chi connectivity index (χ1v) is 16.2. The SMILES string of the molecule is CC(C)[C@H](NC(=O)[C@H](CCC[NH+]=C(N)N)NC(=O)Cc1ccccc1)C(=O)N[C@@H](CCC[NH+]=C(N)N)C(=O)NCc1ccc(C(N)=[NH2+])cc1. The van der Waals surface area contributed by atoms with Crippen molar-refractivity contribution in [3.63, 3.8) is 0 Å². The molecule has 0 bridgehead atoms. The van der Waals surface area contributed by atoms with Gasteiger partial charge in [0.15, 0.2) is 0 Å². The van der Waals surface area contributed by atoms with E-state index in [1.807, 2.05) is 30.3 Å². The molecule has 0 spiro atoms. The zero-order valence-corrected chi connectivity index (χ0v) is 28.3. The van der Waals surface area contributed by atoms with Crippen molar-refractivity contribution in [1.82, 2.24) is 21.3 Å². The van der Waals surface area contributed by atoms with Crippen LogP contribution < -0.4 is 65.3 Å². The number of carbonyl (C=O) groups is 4. The van der Waals surface area contributed by atoms with Crippen LogP contribution in [0, 0.1) is 5.92 Å². The number of amides is 4. The van der Waals surface area contributed by atoms with Gasteiger partial charge in [-0.1, -0.05) is 56.3 Å². The standard InChI is InChI=1S/C33H50N12O4/c1-20(2)27(45-30(48)25(11-7-17-41-33(38)39)43-26(46)18-21-8-4-3-5-9-21)31(49)44-24(10-6-16-40-32(36)37)29(47)42-19-22-12-14-23(15-13-22)28(34)35/h3-5,8-9,12-15,20,24-25,27H,6-7,10-11,16-19H2,1-2H3,(H3,34,35)(H,42,47)(H,43,46)(H,44,49)(H,45,48)(H4,36,37,40)(H4,38,39,41)/p+3/t24-,25-,27-/m0/s1. The van der Waals surface area contributed by atoms with Gasteiger partial charge in [-0.2, -0.15) is 0 Å². The minimum atomic E-state index is -1.01. The molecule has 4 amide bonds. The third kappa shape index (κ3) is 15.2.